The third-order valence-electron chi connectivity index (χ3n) is 3.68. The van der Waals surface area contributed by atoms with E-state index in [4.69, 9.17) is 14.9 Å². The van der Waals surface area contributed by atoms with E-state index in [2.05, 4.69) is 32.3 Å². The minimum absolute atomic E-state index is 0.158. The van der Waals surface area contributed by atoms with Crippen molar-refractivity contribution in [2.24, 2.45) is 0 Å². The summed E-state index contributed by atoms with van der Waals surface area (Å²) in [5.41, 5.74) is 4.51. The van der Waals surface area contributed by atoms with Crippen molar-refractivity contribution in [1.29, 1.82) is 0 Å². The Labute approximate surface area is 134 Å². The predicted octanol–water partition coefficient (Wildman–Crippen LogP) is 1.72. The molecule has 0 spiro atoms. The van der Waals surface area contributed by atoms with Crippen LogP contribution in [-0.2, 0) is 9.16 Å². The Morgan fingerprint density at radius 1 is 1.64 bits per heavy atom. The highest BCUT2D eigenvalue weighted by Crippen LogP contribution is 2.33. The molecule has 0 bridgehead atoms. The molecule has 124 valence electrons. The fourth-order valence-electron chi connectivity index (χ4n) is 1.81. The van der Waals surface area contributed by atoms with Gasteiger partial charge < -0.3 is 14.9 Å². The number of aromatic nitrogens is 2. The molecule has 1 unspecified atom stereocenters. The molecule has 9 heteroatoms. The molecule has 22 heavy (non-hydrogen) atoms. The summed E-state index contributed by atoms with van der Waals surface area (Å²) in [6.45, 7) is 9.12. The standard InChI is InChI=1S/C13H22FN3O3SSi/c1-13(2,3)22(4)19-6-10-20-9(7-21-10)17-5-8(14)11(15)16-12(17)18/h5,9-10,22H,6-7H2,1-4H3,(H2,15,16,18)/t9-,10+,22?/m0/s1. The summed E-state index contributed by atoms with van der Waals surface area (Å²) < 4.78 is 26.3. The van der Waals surface area contributed by atoms with Crippen LogP contribution in [0.2, 0.25) is 11.6 Å². The molecule has 0 aromatic carbocycles. The monoisotopic (exact) mass is 347 g/mol. The van der Waals surface area contributed by atoms with Gasteiger partial charge in [0.2, 0.25) is 0 Å². The van der Waals surface area contributed by atoms with Gasteiger partial charge in [-0.05, 0) is 11.6 Å². The van der Waals surface area contributed by atoms with Crippen molar-refractivity contribution in [3.63, 3.8) is 0 Å². The second kappa shape index (κ2) is 6.69. The number of anilines is 1. The van der Waals surface area contributed by atoms with Crippen molar-refractivity contribution in [3.8, 4) is 0 Å². The molecule has 0 radical (unpaired) electrons. The lowest BCUT2D eigenvalue weighted by atomic mass is 10.3. The van der Waals surface area contributed by atoms with E-state index in [0.717, 1.165) is 10.8 Å². The molecule has 3 atom stereocenters. The van der Waals surface area contributed by atoms with E-state index < -0.39 is 32.6 Å². The maximum absolute atomic E-state index is 13.5. The highest BCUT2D eigenvalue weighted by atomic mass is 32.2. The van der Waals surface area contributed by atoms with E-state index in [0.29, 0.717) is 12.4 Å². The third kappa shape index (κ3) is 4.09. The predicted molar refractivity (Wildman–Crippen MR) is 87.9 cm³/mol. The molecule has 0 aliphatic carbocycles. The van der Waals surface area contributed by atoms with Crippen LogP contribution in [0.4, 0.5) is 10.2 Å². The van der Waals surface area contributed by atoms with Crippen LogP contribution in [0.15, 0.2) is 11.0 Å². The average Bonchev–Trinajstić information content (AvgIpc) is 2.87. The van der Waals surface area contributed by atoms with Gasteiger partial charge in [0.1, 0.15) is 11.7 Å². The van der Waals surface area contributed by atoms with Crippen LogP contribution < -0.4 is 11.4 Å². The van der Waals surface area contributed by atoms with Crippen molar-refractivity contribution in [3.05, 3.63) is 22.5 Å². The largest absolute Gasteiger partial charge is 0.416 e. The average molecular weight is 347 g/mol. The van der Waals surface area contributed by atoms with Crippen molar-refractivity contribution >= 4 is 26.6 Å². The molecule has 0 saturated carbocycles. The van der Waals surface area contributed by atoms with E-state index in [-0.39, 0.29) is 10.5 Å². The van der Waals surface area contributed by atoms with Crippen LogP contribution in [0.25, 0.3) is 0 Å². The number of nitrogens with two attached hydrogens (primary N) is 1. The summed E-state index contributed by atoms with van der Waals surface area (Å²) >= 11 is 1.55. The number of nitrogens with zero attached hydrogens (tertiary/aromatic N) is 2. The highest BCUT2D eigenvalue weighted by molar-refractivity contribution is 8.00. The van der Waals surface area contributed by atoms with E-state index in [9.17, 15) is 9.18 Å². The Morgan fingerprint density at radius 3 is 2.95 bits per heavy atom. The van der Waals surface area contributed by atoms with Gasteiger partial charge in [0.15, 0.2) is 20.7 Å². The van der Waals surface area contributed by atoms with E-state index in [1.807, 2.05) is 0 Å². The van der Waals surface area contributed by atoms with Crippen LogP contribution in [0.5, 0.6) is 0 Å². The van der Waals surface area contributed by atoms with Gasteiger partial charge in [0.25, 0.3) is 0 Å². The van der Waals surface area contributed by atoms with Crippen molar-refractivity contribution in [2.75, 3.05) is 18.1 Å². The van der Waals surface area contributed by atoms with Crippen LogP contribution in [-0.4, -0.2) is 36.4 Å². The maximum Gasteiger partial charge on any atom is 0.351 e. The van der Waals surface area contributed by atoms with Crippen LogP contribution in [0.1, 0.15) is 27.0 Å². The Bertz CT molecular complexity index is 593. The van der Waals surface area contributed by atoms with Crippen molar-refractivity contribution < 1.29 is 13.6 Å². The van der Waals surface area contributed by atoms with E-state index >= 15 is 0 Å². The summed E-state index contributed by atoms with van der Waals surface area (Å²) in [7, 11) is -1.32. The summed E-state index contributed by atoms with van der Waals surface area (Å²) in [4.78, 5) is 15.2. The Hall–Kier alpha value is -0.903. The molecule has 1 aromatic heterocycles. The van der Waals surface area contributed by atoms with Crippen molar-refractivity contribution in [2.45, 2.75) is 44.0 Å². The lowest BCUT2D eigenvalue weighted by Gasteiger charge is -2.26. The fraction of sp³-hybridized carbons (Fsp3) is 0.692. The lowest BCUT2D eigenvalue weighted by molar-refractivity contribution is -0.00348. The Balaban J connectivity index is 1.96. The first kappa shape index (κ1) is 17.5. The second-order valence-electron chi connectivity index (χ2n) is 6.36. The smallest absolute Gasteiger partial charge is 0.351 e. The second-order valence-corrected chi connectivity index (χ2v) is 10.9. The van der Waals surface area contributed by atoms with Gasteiger partial charge in [0.05, 0.1) is 12.8 Å². The molecule has 6 nitrogen and oxygen atoms in total. The third-order valence-corrected chi connectivity index (χ3v) is 7.91. The van der Waals surface area contributed by atoms with Gasteiger partial charge in [-0.1, -0.05) is 20.8 Å². The van der Waals surface area contributed by atoms with Gasteiger partial charge in [-0.25, -0.2) is 9.18 Å². The lowest BCUT2D eigenvalue weighted by Crippen LogP contribution is -2.31. The topological polar surface area (TPSA) is 79.4 Å². The molecule has 0 amide bonds. The van der Waals surface area contributed by atoms with E-state index in [1.54, 1.807) is 11.8 Å². The zero-order chi connectivity index (χ0) is 16.5. The zero-order valence-electron chi connectivity index (χ0n) is 13.2. The normalized spacial score (nSPS) is 23.7. The number of hydrogen-bond acceptors (Lipinski definition) is 6. The maximum atomic E-state index is 13.5. The number of nitrogen functional groups attached to an aromatic ring is 1. The van der Waals surface area contributed by atoms with Gasteiger partial charge >= 0.3 is 5.69 Å². The molecule has 1 fully saturated rings. The number of hydrogen-bond donors (Lipinski definition) is 1. The number of thioether (sulfide) groups is 1. The molecular weight excluding hydrogens is 325 g/mol. The van der Waals surface area contributed by atoms with Crippen LogP contribution >= 0.6 is 11.8 Å². The highest BCUT2D eigenvalue weighted by Gasteiger charge is 2.31. The summed E-state index contributed by atoms with van der Waals surface area (Å²) in [6.07, 6.45) is 0.506. The fourth-order valence-corrected chi connectivity index (χ4v) is 3.92. The van der Waals surface area contributed by atoms with E-state index in [1.165, 1.54) is 0 Å². The van der Waals surface area contributed by atoms with Crippen LogP contribution in [0, 0.1) is 5.82 Å². The van der Waals surface area contributed by atoms with Gasteiger partial charge in [-0.15, -0.1) is 11.8 Å². The summed E-state index contributed by atoms with van der Waals surface area (Å²) in [6, 6.07) is 0. The molecule has 1 aliphatic heterocycles. The quantitative estimate of drug-likeness (QED) is 0.836. The van der Waals surface area contributed by atoms with Gasteiger partial charge in [0, 0.05) is 5.75 Å². The molecule has 1 aliphatic rings. The minimum Gasteiger partial charge on any atom is -0.416 e. The molecule has 2 heterocycles. The number of halogens is 1. The first-order chi connectivity index (χ1) is 10.2. The van der Waals surface area contributed by atoms with Crippen molar-refractivity contribution in [1.82, 2.24) is 9.55 Å². The zero-order valence-corrected chi connectivity index (χ0v) is 15.2. The molecule has 2 N–H and O–H groups in total. The molecule has 1 saturated heterocycles. The van der Waals surface area contributed by atoms with Crippen LogP contribution in [0.3, 0.4) is 0 Å². The van der Waals surface area contributed by atoms with Gasteiger partial charge in [-0.3, -0.25) is 4.57 Å². The Morgan fingerprint density at radius 2 is 2.32 bits per heavy atom. The molecular formula is C13H22FN3O3SSi. The molecule has 1 aromatic rings. The Kier molecular flexibility index (Phi) is 5.31. The first-order valence-electron chi connectivity index (χ1n) is 7.11. The first-order valence-corrected chi connectivity index (χ1v) is 10.4. The van der Waals surface area contributed by atoms with Gasteiger partial charge in [-0.2, -0.15) is 4.98 Å². The number of ether oxygens (including phenoxy) is 1. The minimum atomic E-state index is -1.32. The number of rotatable bonds is 4. The SMILES string of the molecule is C[SiH](OC[C@@H]1O[C@H](n2cc(F)c(N)nc2=O)CS1)C(C)(C)C. The summed E-state index contributed by atoms with van der Waals surface area (Å²) in [5.74, 6) is -0.566. The molecule has 2 rings (SSSR count). The summed E-state index contributed by atoms with van der Waals surface area (Å²) in [5, 5.41) is 0.184.